The van der Waals surface area contributed by atoms with Crippen LogP contribution in [-0.2, 0) is 9.47 Å². The summed E-state index contributed by atoms with van der Waals surface area (Å²) in [4.78, 5) is 0. The average molecular weight is 121 g/mol. The highest BCUT2D eigenvalue weighted by atomic mass is 35.5. The zero-order valence-corrected chi connectivity index (χ0v) is 4.44. The number of ether oxygens (including phenoxy) is 2. The van der Waals surface area contributed by atoms with Gasteiger partial charge in [0.2, 0.25) is 6.79 Å². The molecule has 0 saturated heterocycles. The van der Waals surface area contributed by atoms with Crippen LogP contribution >= 0.6 is 11.6 Å². The monoisotopic (exact) mass is 120 g/mol. The lowest BCUT2D eigenvalue weighted by Crippen LogP contribution is -1.84. The molecule has 0 aliphatic carbocycles. The quantitative estimate of drug-likeness (QED) is 0.482. The molecule has 0 saturated carbocycles. The first kappa shape index (κ1) is 4.78. The molecule has 0 amide bonds. The Kier molecular flexibility index (Phi) is 1.42. The van der Waals surface area contributed by atoms with Gasteiger partial charge in [-0.3, -0.25) is 0 Å². The van der Waals surface area contributed by atoms with E-state index >= 15 is 0 Å². The Morgan fingerprint density at radius 1 is 1.86 bits per heavy atom. The molecular formula is C4H5ClO2. The second kappa shape index (κ2) is 2.07. The molecule has 1 heterocycles. The van der Waals surface area contributed by atoms with Crippen molar-refractivity contribution in [2.45, 2.75) is 0 Å². The van der Waals surface area contributed by atoms with E-state index in [4.69, 9.17) is 16.3 Å². The fourth-order valence-corrected chi connectivity index (χ4v) is 0.481. The van der Waals surface area contributed by atoms with Gasteiger partial charge in [-0.05, 0) is 0 Å². The van der Waals surface area contributed by atoms with Crippen molar-refractivity contribution in [1.82, 2.24) is 0 Å². The van der Waals surface area contributed by atoms with E-state index in [1.165, 1.54) is 6.26 Å². The van der Waals surface area contributed by atoms with Gasteiger partial charge in [0.1, 0.15) is 12.0 Å². The van der Waals surface area contributed by atoms with E-state index in [0.29, 0.717) is 18.4 Å². The van der Waals surface area contributed by atoms with Gasteiger partial charge in [-0.15, -0.1) is 11.6 Å². The lowest BCUT2D eigenvalue weighted by atomic mass is 10.6. The molecule has 1 aliphatic heterocycles. The first-order chi connectivity index (χ1) is 3.43. The maximum absolute atomic E-state index is 5.33. The van der Waals surface area contributed by atoms with Crippen LogP contribution in [0.15, 0.2) is 12.0 Å². The number of allylic oxidation sites excluding steroid dienone is 1. The summed E-state index contributed by atoms with van der Waals surface area (Å²) >= 11 is 5.33. The maximum atomic E-state index is 5.33. The lowest BCUT2D eigenvalue weighted by Gasteiger charge is -1.90. The summed E-state index contributed by atoms with van der Waals surface area (Å²) in [6, 6.07) is 0. The molecule has 1 aliphatic rings. The van der Waals surface area contributed by atoms with Gasteiger partial charge in [-0.1, -0.05) is 0 Å². The summed E-state index contributed by atoms with van der Waals surface area (Å²) in [6.07, 6.45) is 1.52. The third-order valence-electron chi connectivity index (χ3n) is 0.659. The summed E-state index contributed by atoms with van der Waals surface area (Å²) in [5.74, 6) is 1.11. The summed E-state index contributed by atoms with van der Waals surface area (Å²) in [5.41, 5.74) is 0. The molecule has 0 N–H and O–H groups in total. The van der Waals surface area contributed by atoms with Gasteiger partial charge in [-0.2, -0.15) is 0 Å². The van der Waals surface area contributed by atoms with Crippen molar-refractivity contribution in [3.63, 3.8) is 0 Å². The Labute approximate surface area is 46.7 Å². The van der Waals surface area contributed by atoms with Crippen LogP contribution in [0.25, 0.3) is 0 Å². The standard InChI is InChI=1S/C4H5ClO2/c5-1-4-2-6-3-7-4/h2H,1,3H2. The van der Waals surface area contributed by atoms with Crippen LogP contribution in [0.5, 0.6) is 0 Å². The number of alkyl halides is 1. The van der Waals surface area contributed by atoms with E-state index < -0.39 is 0 Å². The Bertz CT molecular complexity index is 89.7. The molecule has 0 fully saturated rings. The number of halogens is 1. The van der Waals surface area contributed by atoms with Crippen molar-refractivity contribution >= 4 is 11.6 Å². The van der Waals surface area contributed by atoms with E-state index in [1.54, 1.807) is 0 Å². The highest BCUT2D eigenvalue weighted by molar-refractivity contribution is 6.19. The molecule has 0 atom stereocenters. The fourth-order valence-electron chi connectivity index (χ4n) is 0.341. The van der Waals surface area contributed by atoms with Gasteiger partial charge in [0.25, 0.3) is 0 Å². The van der Waals surface area contributed by atoms with Crippen molar-refractivity contribution in [3.05, 3.63) is 12.0 Å². The van der Waals surface area contributed by atoms with E-state index in [2.05, 4.69) is 4.74 Å². The van der Waals surface area contributed by atoms with Crippen LogP contribution in [-0.4, -0.2) is 12.7 Å². The minimum atomic E-state index is 0.321. The van der Waals surface area contributed by atoms with Crippen LogP contribution in [0.4, 0.5) is 0 Å². The SMILES string of the molecule is ClCC1=COCO1. The third-order valence-corrected chi connectivity index (χ3v) is 0.922. The average Bonchev–Trinajstić information content (AvgIpc) is 2.14. The minimum absolute atomic E-state index is 0.321. The normalized spacial score (nSPS) is 17.6. The second-order valence-corrected chi connectivity index (χ2v) is 1.41. The molecule has 7 heavy (non-hydrogen) atoms. The number of hydrogen-bond donors (Lipinski definition) is 0. The highest BCUT2D eigenvalue weighted by Crippen LogP contribution is 2.06. The largest absolute Gasteiger partial charge is 0.462 e. The minimum Gasteiger partial charge on any atom is -0.462 e. The first-order valence-electron chi connectivity index (χ1n) is 1.93. The Hall–Kier alpha value is -0.370. The molecule has 0 spiro atoms. The first-order valence-corrected chi connectivity index (χ1v) is 2.46. The molecular weight excluding hydrogens is 115 g/mol. The van der Waals surface area contributed by atoms with Crippen LogP contribution in [0, 0.1) is 0 Å². The zero-order valence-electron chi connectivity index (χ0n) is 3.69. The maximum Gasteiger partial charge on any atom is 0.229 e. The summed E-state index contributed by atoms with van der Waals surface area (Å²) in [5, 5.41) is 0. The molecule has 2 nitrogen and oxygen atoms in total. The van der Waals surface area contributed by atoms with Crippen molar-refractivity contribution in [2.24, 2.45) is 0 Å². The van der Waals surface area contributed by atoms with Crippen LogP contribution < -0.4 is 0 Å². The van der Waals surface area contributed by atoms with Gasteiger partial charge >= 0.3 is 0 Å². The smallest absolute Gasteiger partial charge is 0.229 e. The van der Waals surface area contributed by atoms with Crippen molar-refractivity contribution < 1.29 is 9.47 Å². The summed E-state index contributed by atoms with van der Waals surface area (Å²) < 4.78 is 9.49. The van der Waals surface area contributed by atoms with Gasteiger partial charge in [0, 0.05) is 0 Å². The van der Waals surface area contributed by atoms with Gasteiger partial charge in [-0.25, -0.2) is 0 Å². The molecule has 0 radical (unpaired) electrons. The molecule has 0 aromatic carbocycles. The van der Waals surface area contributed by atoms with Crippen LogP contribution in [0.3, 0.4) is 0 Å². The van der Waals surface area contributed by atoms with Crippen LogP contribution in [0.1, 0.15) is 0 Å². The molecule has 40 valence electrons. The van der Waals surface area contributed by atoms with Crippen molar-refractivity contribution in [2.75, 3.05) is 12.7 Å². The Morgan fingerprint density at radius 3 is 3.00 bits per heavy atom. The van der Waals surface area contributed by atoms with Gasteiger partial charge < -0.3 is 9.47 Å². The van der Waals surface area contributed by atoms with E-state index in [9.17, 15) is 0 Å². The summed E-state index contributed by atoms with van der Waals surface area (Å²) in [7, 11) is 0. The Morgan fingerprint density at radius 2 is 2.71 bits per heavy atom. The topological polar surface area (TPSA) is 18.5 Å². The molecule has 0 bridgehead atoms. The predicted octanol–water partition coefficient (Wildman–Crippen LogP) is 1.07. The van der Waals surface area contributed by atoms with E-state index in [0.717, 1.165) is 0 Å². The van der Waals surface area contributed by atoms with Crippen molar-refractivity contribution in [3.8, 4) is 0 Å². The van der Waals surface area contributed by atoms with Gasteiger partial charge in [0.15, 0.2) is 0 Å². The Balaban J connectivity index is 2.36. The highest BCUT2D eigenvalue weighted by Gasteiger charge is 2.01. The van der Waals surface area contributed by atoms with Crippen molar-refractivity contribution in [1.29, 1.82) is 0 Å². The predicted molar refractivity (Wildman–Crippen MR) is 25.8 cm³/mol. The molecule has 1 rings (SSSR count). The van der Waals surface area contributed by atoms with E-state index in [-0.39, 0.29) is 0 Å². The molecule has 0 aromatic heterocycles. The number of hydrogen-bond acceptors (Lipinski definition) is 2. The van der Waals surface area contributed by atoms with Crippen LogP contribution in [0.2, 0.25) is 0 Å². The molecule has 3 heteroatoms. The lowest BCUT2D eigenvalue weighted by molar-refractivity contribution is 0.0817. The van der Waals surface area contributed by atoms with E-state index in [1.807, 2.05) is 0 Å². The number of rotatable bonds is 1. The fraction of sp³-hybridized carbons (Fsp3) is 0.500. The molecule has 0 aromatic rings. The van der Waals surface area contributed by atoms with Gasteiger partial charge in [0.05, 0.1) is 5.88 Å². The second-order valence-electron chi connectivity index (χ2n) is 1.15. The third kappa shape index (κ3) is 0.996. The summed E-state index contributed by atoms with van der Waals surface area (Å²) in [6.45, 7) is 0.321. The molecule has 0 unspecified atom stereocenters. The zero-order chi connectivity index (χ0) is 5.11.